The lowest BCUT2D eigenvalue weighted by atomic mass is 9.90. The molecule has 0 saturated heterocycles. The molecular weight excluding hydrogens is 642 g/mol. The quantitative estimate of drug-likeness (QED) is 0.0370. The van der Waals surface area contributed by atoms with Gasteiger partial charge in [0.25, 0.3) is 0 Å². The van der Waals surface area contributed by atoms with Crippen molar-refractivity contribution in [3.05, 3.63) is 18.2 Å². The fraction of sp³-hybridized carbons (Fsp3) is 0.571. The molecule has 0 amide bonds. The molecule has 4 rings (SSSR count). The largest absolute Gasteiger partial charge is 0.490 e. The lowest BCUT2D eigenvalue weighted by molar-refractivity contribution is 0.263. The Morgan fingerprint density at radius 1 is 0.353 bits per heavy atom. The van der Waals surface area contributed by atoms with Crippen LogP contribution in [0.4, 0.5) is 17.1 Å². The highest BCUT2D eigenvalue weighted by Gasteiger charge is 2.27. The third-order valence-electron chi connectivity index (χ3n) is 9.15. The first-order valence-electron chi connectivity index (χ1n) is 19.5. The number of hydrogen-bond acceptors (Lipinski definition) is 9. The molecule has 0 atom stereocenters. The fourth-order valence-electron chi connectivity index (χ4n) is 6.15. The molecular formula is C42H63N3O6. The van der Waals surface area contributed by atoms with Crippen LogP contribution in [0.15, 0.2) is 18.2 Å². The average Bonchev–Trinajstić information content (AvgIpc) is 3.11. The third-order valence-corrected chi connectivity index (χ3v) is 9.15. The molecule has 0 aliphatic rings. The Balaban J connectivity index is 2.21. The second-order valence-corrected chi connectivity index (χ2v) is 13.3. The molecule has 0 spiro atoms. The molecule has 0 unspecified atom stereocenters. The molecule has 4 aromatic carbocycles. The summed E-state index contributed by atoms with van der Waals surface area (Å²) in [5, 5.41) is 4.77. The number of anilines is 3. The Hall–Kier alpha value is -4.14. The van der Waals surface area contributed by atoms with Gasteiger partial charge in [0.2, 0.25) is 0 Å². The smallest absolute Gasteiger partial charge is 0.184 e. The van der Waals surface area contributed by atoms with Gasteiger partial charge in [0.15, 0.2) is 34.5 Å². The molecule has 6 N–H and O–H groups in total. The van der Waals surface area contributed by atoms with Crippen molar-refractivity contribution < 1.29 is 28.4 Å². The predicted molar refractivity (Wildman–Crippen MR) is 215 cm³/mol. The number of benzene rings is 4. The maximum atomic E-state index is 7.20. The van der Waals surface area contributed by atoms with Gasteiger partial charge in [0, 0.05) is 16.2 Å². The first kappa shape index (κ1) is 39.6. The SMILES string of the molecule is CCCCOc1cc2c(c(N)c1OCCCC)c1cc(OCCCC)c(OCCCC)c(N)c1c1cc(OCCCC)c(OCCCC)c(N)c21. The van der Waals surface area contributed by atoms with Gasteiger partial charge in [-0.1, -0.05) is 80.1 Å². The summed E-state index contributed by atoms with van der Waals surface area (Å²) < 4.78 is 38.5. The van der Waals surface area contributed by atoms with Crippen molar-refractivity contribution >= 4 is 49.4 Å². The Kier molecular flexibility index (Phi) is 15.6. The monoisotopic (exact) mass is 705 g/mol. The summed E-state index contributed by atoms with van der Waals surface area (Å²) in [4.78, 5) is 0. The van der Waals surface area contributed by atoms with Crippen molar-refractivity contribution in [1.82, 2.24) is 0 Å². The number of fused-ring (bicyclic) bond motifs is 6. The maximum Gasteiger partial charge on any atom is 0.184 e. The molecule has 282 valence electrons. The number of rotatable bonds is 24. The van der Waals surface area contributed by atoms with E-state index in [-0.39, 0.29) is 0 Å². The van der Waals surface area contributed by atoms with Crippen LogP contribution in [0.5, 0.6) is 34.5 Å². The van der Waals surface area contributed by atoms with E-state index in [2.05, 4.69) is 41.5 Å². The van der Waals surface area contributed by atoms with Gasteiger partial charge in [-0.15, -0.1) is 0 Å². The Bertz CT molecular complexity index is 1490. The minimum Gasteiger partial charge on any atom is -0.490 e. The zero-order valence-corrected chi connectivity index (χ0v) is 32.1. The summed E-state index contributed by atoms with van der Waals surface area (Å²) in [5.74, 6) is 3.36. The van der Waals surface area contributed by atoms with E-state index in [1.807, 2.05) is 18.2 Å². The number of unbranched alkanes of at least 4 members (excludes halogenated alkanes) is 6. The molecule has 0 aromatic heterocycles. The van der Waals surface area contributed by atoms with Gasteiger partial charge >= 0.3 is 0 Å². The highest BCUT2D eigenvalue weighted by molar-refractivity contribution is 6.34. The van der Waals surface area contributed by atoms with E-state index in [9.17, 15) is 0 Å². The van der Waals surface area contributed by atoms with Crippen LogP contribution >= 0.6 is 0 Å². The molecule has 0 fully saturated rings. The van der Waals surface area contributed by atoms with E-state index in [4.69, 9.17) is 45.6 Å². The van der Waals surface area contributed by atoms with E-state index in [1.165, 1.54) is 0 Å². The summed E-state index contributed by atoms with van der Waals surface area (Å²) in [6, 6.07) is 6.06. The normalized spacial score (nSPS) is 11.4. The standard InChI is InChI=1S/C42H63N3O6/c1-7-13-19-46-31-25-28-34(37(43)40(31)49-22-16-10-4)29-26-32(47-20-14-8-2)42(51-24-18-12-6)39(45)36(29)30-27-33(48-21-15-9-3)41(38(44)35(28)30)50-23-17-11-5/h25-27H,7-24,43-45H2,1-6H3. The van der Waals surface area contributed by atoms with Crippen LogP contribution < -0.4 is 45.6 Å². The van der Waals surface area contributed by atoms with Crippen molar-refractivity contribution in [2.75, 3.05) is 56.8 Å². The van der Waals surface area contributed by atoms with Crippen LogP contribution in [0.2, 0.25) is 0 Å². The van der Waals surface area contributed by atoms with E-state index in [1.54, 1.807) is 0 Å². The Morgan fingerprint density at radius 2 is 0.569 bits per heavy atom. The fourth-order valence-corrected chi connectivity index (χ4v) is 6.15. The summed E-state index contributed by atoms with van der Waals surface area (Å²) >= 11 is 0. The van der Waals surface area contributed by atoms with Crippen molar-refractivity contribution in [2.24, 2.45) is 0 Å². The lowest BCUT2D eigenvalue weighted by Crippen LogP contribution is -2.09. The molecule has 4 aromatic rings. The topological polar surface area (TPSA) is 133 Å². The van der Waals surface area contributed by atoms with Crippen molar-refractivity contribution in [3.63, 3.8) is 0 Å². The van der Waals surface area contributed by atoms with Gasteiger partial charge in [0.05, 0.1) is 56.7 Å². The average molecular weight is 706 g/mol. The van der Waals surface area contributed by atoms with E-state index < -0.39 is 0 Å². The van der Waals surface area contributed by atoms with E-state index in [0.717, 1.165) is 109 Å². The molecule has 0 saturated carbocycles. The molecule has 0 heterocycles. The summed E-state index contributed by atoms with van der Waals surface area (Å²) in [6.07, 6.45) is 11.3. The second-order valence-electron chi connectivity index (χ2n) is 13.3. The molecule has 0 aliphatic heterocycles. The van der Waals surface area contributed by atoms with Crippen molar-refractivity contribution in [1.29, 1.82) is 0 Å². The van der Waals surface area contributed by atoms with Crippen LogP contribution in [0, 0.1) is 0 Å². The summed E-state index contributed by atoms with van der Waals surface area (Å²) in [7, 11) is 0. The minimum atomic E-state index is 0.469. The second kappa shape index (κ2) is 20.0. The van der Waals surface area contributed by atoms with Gasteiger partial charge in [0.1, 0.15) is 0 Å². The van der Waals surface area contributed by atoms with Gasteiger partial charge < -0.3 is 45.6 Å². The van der Waals surface area contributed by atoms with Crippen LogP contribution in [0.1, 0.15) is 119 Å². The zero-order valence-electron chi connectivity index (χ0n) is 32.1. The van der Waals surface area contributed by atoms with Crippen LogP contribution in [-0.2, 0) is 0 Å². The van der Waals surface area contributed by atoms with Gasteiger partial charge in [-0.25, -0.2) is 0 Å². The zero-order chi connectivity index (χ0) is 36.8. The Morgan fingerprint density at radius 3 is 0.784 bits per heavy atom. The molecule has 51 heavy (non-hydrogen) atoms. The molecule has 0 bridgehead atoms. The Labute approximate surface area is 305 Å². The highest BCUT2D eigenvalue weighted by atomic mass is 16.5. The molecule has 9 nitrogen and oxygen atoms in total. The van der Waals surface area contributed by atoms with E-state index >= 15 is 0 Å². The third kappa shape index (κ3) is 9.21. The van der Waals surface area contributed by atoms with Crippen molar-refractivity contribution in [3.8, 4) is 34.5 Å². The maximum absolute atomic E-state index is 7.20. The van der Waals surface area contributed by atoms with Gasteiger partial charge in [-0.2, -0.15) is 0 Å². The van der Waals surface area contributed by atoms with Crippen LogP contribution in [0.25, 0.3) is 32.3 Å². The molecule has 9 heteroatoms. The number of nitrogen functional groups attached to an aromatic ring is 3. The minimum absolute atomic E-state index is 0.469. The summed E-state index contributed by atoms with van der Waals surface area (Å²) in [6.45, 7) is 16.0. The number of nitrogens with two attached hydrogens (primary N) is 3. The van der Waals surface area contributed by atoms with Crippen LogP contribution in [-0.4, -0.2) is 39.6 Å². The van der Waals surface area contributed by atoms with Gasteiger partial charge in [-0.05, 0) is 72.9 Å². The highest BCUT2D eigenvalue weighted by Crippen LogP contribution is 2.54. The predicted octanol–water partition coefficient (Wildman–Crippen LogP) is 11.0. The number of hydrogen-bond donors (Lipinski definition) is 3. The molecule has 0 radical (unpaired) electrons. The molecule has 0 aliphatic carbocycles. The first-order chi connectivity index (χ1) is 24.9. The van der Waals surface area contributed by atoms with Crippen molar-refractivity contribution in [2.45, 2.75) is 119 Å². The lowest BCUT2D eigenvalue weighted by Gasteiger charge is -2.24. The van der Waals surface area contributed by atoms with Gasteiger partial charge in [-0.3, -0.25) is 0 Å². The van der Waals surface area contributed by atoms with Crippen LogP contribution in [0.3, 0.4) is 0 Å². The summed E-state index contributed by atoms with van der Waals surface area (Å²) in [5.41, 5.74) is 23.0. The first-order valence-corrected chi connectivity index (χ1v) is 19.5. The number of ether oxygens (including phenoxy) is 6. The van der Waals surface area contributed by atoms with E-state index in [0.29, 0.717) is 91.2 Å².